The van der Waals surface area contributed by atoms with Crippen molar-refractivity contribution in [1.82, 2.24) is 15.7 Å². The summed E-state index contributed by atoms with van der Waals surface area (Å²) in [5.74, 6) is -0.935. The summed E-state index contributed by atoms with van der Waals surface area (Å²) in [7, 11) is 1.53. The van der Waals surface area contributed by atoms with Gasteiger partial charge >= 0.3 is 12.0 Å². The zero-order valence-corrected chi connectivity index (χ0v) is 23.2. The Kier molecular flexibility index (Phi) is 9.30. The summed E-state index contributed by atoms with van der Waals surface area (Å²) < 4.78 is 5.45. The molecule has 0 saturated heterocycles. The van der Waals surface area contributed by atoms with Crippen molar-refractivity contribution in [2.24, 2.45) is 10.9 Å². The minimum atomic E-state index is -1.15. The molecule has 41 heavy (non-hydrogen) atoms. The second-order valence-electron chi connectivity index (χ2n) is 9.41. The van der Waals surface area contributed by atoms with Crippen molar-refractivity contribution < 1.29 is 29.1 Å². The molecule has 0 fully saturated rings. The smallest absolute Gasteiger partial charge is 0.337 e. The fraction of sp³-hybridized carbons (Fsp3) is 0.241. The number of hydrogen-bond donors (Lipinski definition) is 4. The number of urea groups is 1. The summed E-state index contributed by atoms with van der Waals surface area (Å²) in [5.41, 5.74) is 9.95. The number of carboxylic acid groups (broad SMARTS) is 1. The normalized spacial score (nSPS) is 15.8. The van der Waals surface area contributed by atoms with Crippen LogP contribution in [-0.2, 0) is 11.2 Å². The van der Waals surface area contributed by atoms with Crippen molar-refractivity contribution in [2.45, 2.75) is 19.4 Å². The Bertz CT molecular complexity index is 1470. The van der Waals surface area contributed by atoms with Crippen molar-refractivity contribution >= 4 is 41.0 Å². The Balaban J connectivity index is 1.57. The second-order valence-corrected chi connectivity index (χ2v) is 9.85. The van der Waals surface area contributed by atoms with E-state index in [1.54, 1.807) is 55.5 Å². The highest BCUT2D eigenvalue weighted by atomic mass is 35.5. The lowest BCUT2D eigenvalue weighted by Gasteiger charge is -2.26. The first-order chi connectivity index (χ1) is 19.7. The van der Waals surface area contributed by atoms with Gasteiger partial charge in [0, 0.05) is 10.7 Å². The Hall–Kier alpha value is -4.77. The molecule has 2 atom stereocenters. The first kappa shape index (κ1) is 29.2. The molecule has 1 heterocycles. The minimum Gasteiger partial charge on any atom is -0.496 e. The molecule has 1 aliphatic rings. The van der Waals surface area contributed by atoms with Crippen LogP contribution in [0.5, 0.6) is 11.5 Å². The molecule has 214 valence electrons. The number of imide groups is 1. The van der Waals surface area contributed by atoms with Gasteiger partial charge in [0.15, 0.2) is 11.6 Å². The van der Waals surface area contributed by atoms with Gasteiger partial charge in [0.2, 0.25) is 5.91 Å². The highest BCUT2D eigenvalue weighted by Crippen LogP contribution is 2.27. The van der Waals surface area contributed by atoms with Crippen molar-refractivity contribution in [3.8, 4) is 11.5 Å². The van der Waals surface area contributed by atoms with Gasteiger partial charge in [-0.2, -0.15) is 0 Å². The van der Waals surface area contributed by atoms with Gasteiger partial charge in [0.1, 0.15) is 5.75 Å². The Morgan fingerprint density at radius 3 is 2.61 bits per heavy atom. The molecule has 1 aliphatic heterocycles. The number of hydroxylamine groups is 1. The number of benzene rings is 3. The van der Waals surface area contributed by atoms with E-state index in [-0.39, 0.29) is 36.6 Å². The third kappa shape index (κ3) is 7.25. The van der Waals surface area contributed by atoms with Gasteiger partial charge in [-0.25, -0.2) is 15.1 Å². The SMILES string of the molecule is COc1ccc(Cl)cc1C[C@@H]1CN=C(NOc2ccccc2)CN(C(=O)N[C@H](C)c2ccc(C(=O)O)c(N)c2)C1=O. The molecule has 3 aromatic carbocycles. The predicted molar refractivity (Wildman–Crippen MR) is 154 cm³/mol. The fourth-order valence-electron chi connectivity index (χ4n) is 4.36. The van der Waals surface area contributed by atoms with E-state index >= 15 is 0 Å². The van der Waals surface area contributed by atoms with Gasteiger partial charge in [-0.1, -0.05) is 35.9 Å². The lowest BCUT2D eigenvalue weighted by atomic mass is 9.97. The number of ether oxygens (including phenoxy) is 1. The van der Waals surface area contributed by atoms with Gasteiger partial charge in [-0.3, -0.25) is 14.7 Å². The summed E-state index contributed by atoms with van der Waals surface area (Å²) in [5, 5.41) is 12.5. The Labute approximate surface area is 241 Å². The summed E-state index contributed by atoms with van der Waals surface area (Å²) in [6.07, 6.45) is 0.228. The number of carboxylic acids is 1. The summed E-state index contributed by atoms with van der Waals surface area (Å²) >= 11 is 6.20. The van der Waals surface area contributed by atoms with Crippen LogP contribution in [0, 0.1) is 5.92 Å². The molecule has 4 rings (SSSR count). The molecule has 0 aliphatic carbocycles. The van der Waals surface area contributed by atoms with Gasteiger partial charge in [0.05, 0.1) is 37.7 Å². The van der Waals surface area contributed by atoms with Crippen LogP contribution in [-0.4, -0.2) is 53.9 Å². The third-order valence-corrected chi connectivity index (χ3v) is 6.79. The van der Waals surface area contributed by atoms with Crippen LogP contribution in [0.4, 0.5) is 10.5 Å². The number of nitrogen functional groups attached to an aromatic ring is 1. The van der Waals surface area contributed by atoms with E-state index in [0.29, 0.717) is 27.6 Å². The number of para-hydroxylation sites is 1. The molecule has 11 nitrogen and oxygen atoms in total. The largest absolute Gasteiger partial charge is 0.496 e. The minimum absolute atomic E-state index is 0.0420. The predicted octanol–water partition coefficient (Wildman–Crippen LogP) is 4.08. The lowest BCUT2D eigenvalue weighted by molar-refractivity contribution is -0.131. The van der Waals surface area contributed by atoms with Gasteiger partial charge < -0.3 is 25.7 Å². The number of methoxy groups -OCH3 is 1. The zero-order valence-electron chi connectivity index (χ0n) is 22.5. The van der Waals surface area contributed by atoms with Crippen LogP contribution < -0.4 is 26.1 Å². The number of aliphatic imine (C=N–C) groups is 1. The topological polar surface area (TPSA) is 156 Å². The molecule has 0 aromatic heterocycles. The van der Waals surface area contributed by atoms with E-state index in [0.717, 1.165) is 4.90 Å². The number of anilines is 1. The molecule has 0 saturated carbocycles. The van der Waals surface area contributed by atoms with Gasteiger partial charge in [-0.15, -0.1) is 0 Å². The standard InChI is InChI=1S/C29H30ClN5O6/c1-17(18-8-10-23(28(37)38)24(31)14-18)33-29(39)35-16-26(34-41-22-6-4-3-5-7-22)32-15-20(27(35)36)12-19-13-21(30)9-11-25(19)40-2/h3-11,13-14,17,20H,12,15-16,31H2,1-2H3,(H,32,34)(H,33,39)(H,37,38)/t17-,20-/m1/s1. The number of amides is 3. The lowest BCUT2D eigenvalue weighted by Crippen LogP contribution is -2.50. The number of carbonyl (C=O) groups is 3. The number of rotatable bonds is 8. The van der Waals surface area contributed by atoms with E-state index in [1.807, 2.05) is 6.07 Å². The molecule has 0 radical (unpaired) electrons. The van der Waals surface area contributed by atoms with Crippen molar-refractivity contribution in [3.05, 3.63) is 88.4 Å². The molecular formula is C29H30ClN5O6. The van der Waals surface area contributed by atoms with Gasteiger partial charge in [0.25, 0.3) is 0 Å². The Morgan fingerprint density at radius 2 is 1.93 bits per heavy atom. The average Bonchev–Trinajstić information content (AvgIpc) is 3.11. The van der Waals surface area contributed by atoms with Crippen molar-refractivity contribution in [1.29, 1.82) is 0 Å². The van der Waals surface area contributed by atoms with Crippen LogP contribution in [0.1, 0.15) is 34.5 Å². The van der Waals surface area contributed by atoms with E-state index in [2.05, 4.69) is 15.8 Å². The molecule has 3 amide bonds. The first-order valence-electron chi connectivity index (χ1n) is 12.7. The summed E-state index contributed by atoms with van der Waals surface area (Å²) in [6.45, 7) is 1.62. The molecule has 0 unspecified atom stereocenters. The van der Waals surface area contributed by atoms with Crippen LogP contribution in [0.3, 0.4) is 0 Å². The molecule has 0 spiro atoms. The van der Waals surface area contributed by atoms with Crippen LogP contribution in [0.25, 0.3) is 0 Å². The summed E-state index contributed by atoms with van der Waals surface area (Å²) in [4.78, 5) is 49.8. The second kappa shape index (κ2) is 13.1. The molecule has 3 aromatic rings. The number of aromatic carboxylic acids is 1. The number of amidine groups is 1. The fourth-order valence-corrected chi connectivity index (χ4v) is 4.55. The van der Waals surface area contributed by atoms with E-state index in [9.17, 15) is 19.5 Å². The third-order valence-electron chi connectivity index (χ3n) is 6.56. The molecular weight excluding hydrogens is 550 g/mol. The highest BCUT2D eigenvalue weighted by Gasteiger charge is 2.34. The maximum atomic E-state index is 13.8. The maximum absolute atomic E-state index is 13.8. The maximum Gasteiger partial charge on any atom is 0.337 e. The number of nitrogens with one attached hydrogen (secondary N) is 2. The highest BCUT2D eigenvalue weighted by molar-refractivity contribution is 6.30. The van der Waals surface area contributed by atoms with Crippen LogP contribution in [0.2, 0.25) is 5.02 Å². The van der Waals surface area contributed by atoms with Crippen LogP contribution in [0.15, 0.2) is 71.7 Å². The Morgan fingerprint density at radius 1 is 1.17 bits per heavy atom. The summed E-state index contributed by atoms with van der Waals surface area (Å²) in [6, 6.07) is 17.2. The first-order valence-corrected chi connectivity index (χ1v) is 13.1. The number of nitrogens with two attached hydrogens (primary N) is 1. The van der Waals surface area contributed by atoms with Crippen LogP contribution >= 0.6 is 11.6 Å². The van der Waals surface area contributed by atoms with Crippen molar-refractivity contribution in [2.75, 3.05) is 25.9 Å². The van der Waals surface area contributed by atoms with Crippen molar-refractivity contribution in [3.63, 3.8) is 0 Å². The molecule has 0 bridgehead atoms. The van der Waals surface area contributed by atoms with E-state index < -0.39 is 29.9 Å². The van der Waals surface area contributed by atoms with E-state index in [4.69, 9.17) is 26.9 Å². The number of nitrogens with zero attached hydrogens (tertiary/aromatic N) is 2. The van der Waals surface area contributed by atoms with E-state index in [1.165, 1.54) is 19.2 Å². The molecule has 5 N–H and O–H groups in total. The number of halogens is 1. The van der Waals surface area contributed by atoms with Gasteiger partial charge in [-0.05, 0) is 66.9 Å². The number of carbonyl (C=O) groups excluding carboxylic acids is 2. The zero-order chi connectivity index (χ0) is 29.5. The monoisotopic (exact) mass is 579 g/mol. The quantitative estimate of drug-likeness (QED) is 0.230. The molecule has 12 heteroatoms. The number of hydrogen-bond acceptors (Lipinski definition) is 8. The average molecular weight is 580 g/mol.